The van der Waals surface area contributed by atoms with E-state index in [-0.39, 0.29) is 11.5 Å². The van der Waals surface area contributed by atoms with Crippen LogP contribution >= 0.6 is 0 Å². The molecule has 5 nitrogen and oxygen atoms in total. The molecule has 0 aliphatic heterocycles. The van der Waals surface area contributed by atoms with E-state index in [9.17, 15) is 14.0 Å². The maximum atomic E-state index is 13.6. The van der Waals surface area contributed by atoms with Crippen molar-refractivity contribution >= 4 is 23.2 Å². The minimum Gasteiger partial charge on any atom is -0.495 e. The highest BCUT2D eigenvalue weighted by Crippen LogP contribution is 2.28. The number of anilines is 2. The Hall–Kier alpha value is -2.89. The number of halogens is 1. The molecule has 0 atom stereocenters. The molecule has 0 bridgehead atoms. The highest BCUT2D eigenvalue weighted by Gasteiger charge is 2.12. The van der Waals surface area contributed by atoms with Crippen molar-refractivity contribution in [1.29, 1.82) is 0 Å². The molecule has 0 aromatic heterocycles. The molecule has 2 N–H and O–H groups in total. The van der Waals surface area contributed by atoms with Gasteiger partial charge < -0.3 is 15.4 Å². The second-order valence-electron chi connectivity index (χ2n) is 5.01. The Morgan fingerprint density at radius 3 is 2.43 bits per heavy atom. The van der Waals surface area contributed by atoms with Crippen LogP contribution in [0.25, 0.3) is 0 Å². The first-order valence-electron chi connectivity index (χ1n) is 6.94. The number of methoxy groups -OCH3 is 1. The van der Waals surface area contributed by atoms with E-state index in [2.05, 4.69) is 10.6 Å². The van der Waals surface area contributed by atoms with Crippen molar-refractivity contribution in [2.45, 2.75) is 13.8 Å². The largest absolute Gasteiger partial charge is 0.495 e. The zero-order valence-electron chi connectivity index (χ0n) is 13.1. The number of carbonyl (C=O) groups excluding carboxylic acids is 2. The van der Waals surface area contributed by atoms with E-state index in [0.29, 0.717) is 22.7 Å². The fraction of sp³-hybridized carbons (Fsp3) is 0.176. The monoisotopic (exact) mass is 316 g/mol. The van der Waals surface area contributed by atoms with Gasteiger partial charge >= 0.3 is 0 Å². The molecule has 0 spiro atoms. The summed E-state index contributed by atoms with van der Waals surface area (Å²) in [5.74, 6) is -0.716. The SMILES string of the molecule is COc1ccc(NC(C)=O)cc1NC(=O)c1ccc(C)c(F)c1. The molecular formula is C17H17FN2O3. The lowest BCUT2D eigenvalue weighted by Crippen LogP contribution is -2.14. The Labute approximate surface area is 133 Å². The summed E-state index contributed by atoms with van der Waals surface area (Å²) in [5, 5.41) is 5.28. The van der Waals surface area contributed by atoms with Crippen molar-refractivity contribution in [3.05, 3.63) is 53.3 Å². The lowest BCUT2D eigenvalue weighted by Gasteiger charge is -2.12. The molecule has 0 aliphatic rings. The highest BCUT2D eigenvalue weighted by atomic mass is 19.1. The van der Waals surface area contributed by atoms with Gasteiger partial charge in [-0.3, -0.25) is 9.59 Å². The van der Waals surface area contributed by atoms with Crippen molar-refractivity contribution < 1.29 is 18.7 Å². The summed E-state index contributed by atoms with van der Waals surface area (Å²) in [7, 11) is 1.47. The molecule has 2 aromatic rings. The fourth-order valence-electron chi connectivity index (χ4n) is 2.02. The van der Waals surface area contributed by atoms with Crippen LogP contribution in [0.1, 0.15) is 22.8 Å². The summed E-state index contributed by atoms with van der Waals surface area (Å²) in [6.45, 7) is 3.01. The fourth-order valence-corrected chi connectivity index (χ4v) is 2.02. The minimum absolute atomic E-state index is 0.195. The van der Waals surface area contributed by atoms with Crippen molar-refractivity contribution in [2.24, 2.45) is 0 Å². The summed E-state index contributed by atoms with van der Waals surface area (Å²) >= 11 is 0. The smallest absolute Gasteiger partial charge is 0.255 e. The maximum Gasteiger partial charge on any atom is 0.255 e. The van der Waals surface area contributed by atoms with Crippen molar-refractivity contribution in [3.63, 3.8) is 0 Å². The van der Waals surface area contributed by atoms with Gasteiger partial charge in [0.2, 0.25) is 5.91 Å². The van der Waals surface area contributed by atoms with E-state index >= 15 is 0 Å². The second kappa shape index (κ2) is 6.91. The summed E-state index contributed by atoms with van der Waals surface area (Å²) in [6, 6.07) is 9.10. The molecule has 0 aliphatic carbocycles. The molecule has 0 heterocycles. The van der Waals surface area contributed by atoms with Crippen LogP contribution in [0.15, 0.2) is 36.4 Å². The van der Waals surface area contributed by atoms with Crippen LogP contribution in [0.4, 0.5) is 15.8 Å². The zero-order valence-corrected chi connectivity index (χ0v) is 13.1. The average Bonchev–Trinajstić information content (AvgIpc) is 2.49. The maximum absolute atomic E-state index is 13.6. The first kappa shape index (κ1) is 16.5. The summed E-state index contributed by atoms with van der Waals surface area (Å²) in [6.07, 6.45) is 0. The van der Waals surface area contributed by atoms with Crippen molar-refractivity contribution in [2.75, 3.05) is 17.7 Å². The third kappa shape index (κ3) is 4.06. The van der Waals surface area contributed by atoms with E-state index in [1.807, 2.05) is 0 Å². The Bertz CT molecular complexity index is 759. The molecule has 120 valence electrons. The predicted molar refractivity (Wildman–Crippen MR) is 86.4 cm³/mol. The molecule has 2 aromatic carbocycles. The second-order valence-corrected chi connectivity index (χ2v) is 5.01. The number of nitrogens with one attached hydrogen (secondary N) is 2. The zero-order chi connectivity index (χ0) is 17.0. The van der Waals surface area contributed by atoms with Crippen molar-refractivity contribution in [3.8, 4) is 5.75 Å². The first-order valence-corrected chi connectivity index (χ1v) is 6.94. The summed E-state index contributed by atoms with van der Waals surface area (Å²) < 4.78 is 18.8. The number of hydrogen-bond donors (Lipinski definition) is 2. The number of amides is 2. The topological polar surface area (TPSA) is 67.4 Å². The van der Waals surface area contributed by atoms with Gasteiger partial charge in [0, 0.05) is 18.2 Å². The molecule has 0 saturated carbocycles. The van der Waals surface area contributed by atoms with E-state index in [0.717, 1.165) is 0 Å². The number of ether oxygens (including phenoxy) is 1. The molecule has 0 unspecified atom stereocenters. The Morgan fingerprint density at radius 2 is 1.83 bits per heavy atom. The van der Waals surface area contributed by atoms with Crippen molar-refractivity contribution in [1.82, 2.24) is 0 Å². The lowest BCUT2D eigenvalue weighted by atomic mass is 10.1. The first-order chi connectivity index (χ1) is 10.9. The van der Waals surface area contributed by atoms with Crippen LogP contribution in [0, 0.1) is 12.7 Å². The van der Waals surface area contributed by atoms with Gasteiger partial charge in [-0.15, -0.1) is 0 Å². The van der Waals surface area contributed by atoms with Gasteiger partial charge in [-0.25, -0.2) is 4.39 Å². The van der Waals surface area contributed by atoms with Gasteiger partial charge in [0.05, 0.1) is 12.8 Å². The normalized spacial score (nSPS) is 10.1. The number of hydrogen-bond acceptors (Lipinski definition) is 3. The summed E-state index contributed by atoms with van der Waals surface area (Å²) in [4.78, 5) is 23.4. The molecule has 23 heavy (non-hydrogen) atoms. The predicted octanol–water partition coefficient (Wildman–Crippen LogP) is 3.35. The molecule has 2 rings (SSSR count). The van der Waals surface area contributed by atoms with Crippen LogP contribution in [0.3, 0.4) is 0 Å². The van der Waals surface area contributed by atoms with Crippen LogP contribution < -0.4 is 15.4 Å². The molecule has 0 saturated heterocycles. The Balaban J connectivity index is 2.28. The van der Waals surface area contributed by atoms with Gasteiger partial charge in [0.25, 0.3) is 5.91 Å². The lowest BCUT2D eigenvalue weighted by molar-refractivity contribution is -0.114. The van der Waals surface area contributed by atoms with Crippen LogP contribution in [-0.4, -0.2) is 18.9 Å². The highest BCUT2D eigenvalue weighted by molar-refractivity contribution is 6.05. The van der Waals surface area contributed by atoms with E-state index in [1.54, 1.807) is 25.1 Å². The van der Waals surface area contributed by atoms with Gasteiger partial charge in [0.15, 0.2) is 0 Å². The molecular weight excluding hydrogens is 299 g/mol. The molecule has 2 amide bonds. The number of rotatable bonds is 4. The molecule has 6 heteroatoms. The van der Waals surface area contributed by atoms with E-state index < -0.39 is 11.7 Å². The van der Waals surface area contributed by atoms with E-state index in [1.165, 1.54) is 32.2 Å². The molecule has 0 radical (unpaired) electrons. The van der Waals surface area contributed by atoms with Crippen LogP contribution in [-0.2, 0) is 4.79 Å². The minimum atomic E-state index is -0.470. The van der Waals surface area contributed by atoms with Gasteiger partial charge in [-0.05, 0) is 42.8 Å². The Kier molecular flexibility index (Phi) is 4.95. The number of benzene rings is 2. The quantitative estimate of drug-likeness (QED) is 0.909. The molecule has 0 fully saturated rings. The average molecular weight is 316 g/mol. The third-order valence-electron chi connectivity index (χ3n) is 3.20. The standard InChI is InChI=1S/C17H17FN2O3/c1-10-4-5-12(8-14(10)18)17(22)20-15-9-13(19-11(2)21)6-7-16(15)23-3/h4-9H,1-3H3,(H,19,21)(H,20,22). The van der Waals surface area contributed by atoms with Gasteiger partial charge in [-0.2, -0.15) is 0 Å². The number of carbonyl (C=O) groups is 2. The van der Waals surface area contributed by atoms with Gasteiger partial charge in [0.1, 0.15) is 11.6 Å². The number of aryl methyl sites for hydroxylation is 1. The Morgan fingerprint density at radius 1 is 1.09 bits per heavy atom. The summed E-state index contributed by atoms with van der Waals surface area (Å²) in [5.41, 5.74) is 1.56. The van der Waals surface area contributed by atoms with Crippen LogP contribution in [0.5, 0.6) is 5.75 Å². The third-order valence-corrected chi connectivity index (χ3v) is 3.20. The van der Waals surface area contributed by atoms with Gasteiger partial charge in [-0.1, -0.05) is 6.07 Å². The van der Waals surface area contributed by atoms with Crippen LogP contribution in [0.2, 0.25) is 0 Å². The van der Waals surface area contributed by atoms with E-state index in [4.69, 9.17) is 4.74 Å².